The summed E-state index contributed by atoms with van der Waals surface area (Å²) in [7, 11) is 3.73. The van der Waals surface area contributed by atoms with E-state index >= 15 is 4.79 Å². The van der Waals surface area contributed by atoms with Crippen LogP contribution in [0.25, 0.3) is 10.9 Å². The molecular formula is C42H47N5O8S. The number of piperazine rings is 1. The van der Waals surface area contributed by atoms with E-state index < -0.39 is 22.8 Å². The number of nitrogens with two attached hydrogens (primary N) is 1. The first kappa shape index (κ1) is 35.9. The Labute approximate surface area is 329 Å². The summed E-state index contributed by atoms with van der Waals surface area (Å²) in [6.45, 7) is 7.85. The highest BCUT2D eigenvalue weighted by Crippen LogP contribution is 2.64. The van der Waals surface area contributed by atoms with Crippen LogP contribution in [-0.2, 0) is 32.7 Å². The highest BCUT2D eigenvalue weighted by molar-refractivity contribution is 7.99. The van der Waals surface area contributed by atoms with Gasteiger partial charge in [-0.2, -0.15) is 0 Å². The van der Waals surface area contributed by atoms with Crippen LogP contribution in [0.5, 0.6) is 28.7 Å². The Balaban J connectivity index is 1.25. The highest BCUT2D eigenvalue weighted by atomic mass is 32.2. The number of H-pyrrole nitrogens is 1. The molecule has 4 aromatic rings. The number of esters is 2. The maximum atomic E-state index is 15.0. The number of ether oxygens (including phenoxy) is 5. The summed E-state index contributed by atoms with van der Waals surface area (Å²) in [5.74, 6) is 1.56. The second-order valence-corrected chi connectivity index (χ2v) is 17.3. The molecule has 13 nitrogen and oxygen atoms in total. The van der Waals surface area contributed by atoms with Gasteiger partial charge in [-0.25, -0.2) is 4.79 Å². The molecule has 4 bridgehead atoms. The number of rotatable bonds is 3. The number of thioether (sulfide) groups is 1. The number of phenolic OH excluding ortho intramolecular Hbond substituents is 1. The fraction of sp³-hybridized carbons (Fsp3) is 0.476. The summed E-state index contributed by atoms with van der Waals surface area (Å²) < 4.78 is 31.1. The number of likely N-dealkylation sites (N-methyl/N-ethyl adjacent to an activating group) is 1. The molecule has 2 fully saturated rings. The molecule has 0 aliphatic carbocycles. The summed E-state index contributed by atoms with van der Waals surface area (Å²) in [5, 5.41) is 16.5. The topological polar surface area (TPSA) is 161 Å². The standard InChI is InChI=1S/C42H47N5O8S/c1-18-11-22-12-27-20(3)47-28-15-52-41(50)42(40-25(13-23(14-43)45-42)24-9-7-8-10-26(24)44-40)16-56-39(33(47)32(46(27)5)29(22)34(49)35(18)51-6)31-30(28)38-37(53-17-54-38)19(2)36(31)55-21(4)48/h7-11,20,23,27-28,32-33,39,44-45,49H,12-17,43H2,1-6H3/t20-,23+,27-,28?,32?,33+,39+,42+/m0/s1. The number of benzene rings is 3. The number of fused-ring (bicyclic) bond motifs is 11. The van der Waals surface area contributed by atoms with Gasteiger partial charge in [-0.3, -0.25) is 19.9 Å². The van der Waals surface area contributed by atoms with Crippen LogP contribution in [0.4, 0.5) is 0 Å². The molecule has 5 N–H and O–H groups in total. The average Bonchev–Trinajstić information content (AvgIpc) is 3.82. The molecule has 1 aromatic heterocycles. The van der Waals surface area contributed by atoms with Gasteiger partial charge in [-0.15, -0.1) is 11.8 Å². The lowest BCUT2D eigenvalue weighted by Crippen LogP contribution is -2.69. The minimum atomic E-state index is -1.28. The lowest BCUT2D eigenvalue weighted by molar-refractivity contribution is -0.158. The number of aromatic hydroxyl groups is 1. The van der Waals surface area contributed by atoms with Gasteiger partial charge in [0.2, 0.25) is 6.79 Å². The van der Waals surface area contributed by atoms with Gasteiger partial charge in [0.25, 0.3) is 0 Å². The van der Waals surface area contributed by atoms with E-state index in [2.05, 4.69) is 46.2 Å². The Hall–Kier alpha value is -4.47. The van der Waals surface area contributed by atoms with Crippen LogP contribution >= 0.6 is 11.8 Å². The Kier molecular flexibility index (Phi) is 8.19. The average molecular weight is 782 g/mol. The van der Waals surface area contributed by atoms with Crippen molar-refractivity contribution in [3.8, 4) is 28.7 Å². The van der Waals surface area contributed by atoms with Crippen LogP contribution < -0.4 is 30.0 Å². The van der Waals surface area contributed by atoms with E-state index in [4.69, 9.17) is 29.4 Å². The minimum Gasteiger partial charge on any atom is -0.504 e. The first-order chi connectivity index (χ1) is 27.0. The normalized spacial score (nSPS) is 30.3. The van der Waals surface area contributed by atoms with Crippen molar-refractivity contribution in [1.29, 1.82) is 0 Å². The molecule has 3 aromatic carbocycles. The van der Waals surface area contributed by atoms with Crippen molar-refractivity contribution in [2.75, 3.05) is 39.9 Å². The van der Waals surface area contributed by atoms with E-state index in [1.54, 1.807) is 18.9 Å². The summed E-state index contributed by atoms with van der Waals surface area (Å²) in [4.78, 5) is 36.6. The van der Waals surface area contributed by atoms with E-state index in [1.165, 1.54) is 6.92 Å². The summed E-state index contributed by atoms with van der Waals surface area (Å²) in [6, 6.07) is 8.99. The van der Waals surface area contributed by atoms with E-state index in [0.29, 0.717) is 47.9 Å². The molecule has 0 radical (unpaired) electrons. The van der Waals surface area contributed by atoms with Crippen LogP contribution in [0.1, 0.15) is 75.8 Å². The maximum Gasteiger partial charge on any atom is 0.333 e. The molecule has 7 aliphatic rings. The second kappa shape index (κ2) is 12.8. The van der Waals surface area contributed by atoms with E-state index in [0.717, 1.165) is 50.0 Å². The number of nitrogens with one attached hydrogen (secondary N) is 2. The molecule has 294 valence electrons. The van der Waals surface area contributed by atoms with E-state index in [9.17, 15) is 9.90 Å². The number of carbonyl (C=O) groups excluding carboxylic acids is 2. The number of phenols is 1. The molecular weight excluding hydrogens is 735 g/mol. The zero-order valence-corrected chi connectivity index (χ0v) is 33.2. The number of aromatic amines is 1. The zero-order chi connectivity index (χ0) is 38.9. The van der Waals surface area contributed by atoms with Crippen molar-refractivity contribution in [1.82, 2.24) is 20.1 Å². The Morgan fingerprint density at radius 2 is 1.89 bits per heavy atom. The SMILES string of the molecule is COc1c(C)cc2c(c1O)C1[C@@H]3[C@@H]4SC[C@]5(N[C@@H](CN)Cc6c5[nH]c5ccccc65)C(=O)OCC(c5c6c(c(C)c(OC(C)=O)c54)OCO6)N3[C@@H](C)[C@H](C2)N1C. The zero-order valence-electron chi connectivity index (χ0n) is 32.4. The fourth-order valence-corrected chi connectivity index (χ4v) is 12.8. The number of hydrogen-bond acceptors (Lipinski definition) is 13. The van der Waals surface area contributed by atoms with Gasteiger partial charge in [-0.1, -0.05) is 24.3 Å². The molecule has 8 heterocycles. The molecule has 56 heavy (non-hydrogen) atoms. The first-order valence-corrected chi connectivity index (χ1v) is 20.4. The molecule has 8 atom stereocenters. The van der Waals surface area contributed by atoms with Gasteiger partial charge in [0.05, 0.1) is 30.1 Å². The van der Waals surface area contributed by atoms with Gasteiger partial charge in [-0.05, 0) is 63.4 Å². The molecule has 0 saturated carbocycles. The quantitative estimate of drug-likeness (QED) is 0.169. The minimum absolute atomic E-state index is 0.00602. The number of methoxy groups -OCH3 is 1. The number of aryl methyl sites for hydroxylation is 1. The van der Waals surface area contributed by atoms with Gasteiger partial charge >= 0.3 is 11.9 Å². The molecule has 14 heteroatoms. The van der Waals surface area contributed by atoms with Crippen LogP contribution in [0.15, 0.2) is 30.3 Å². The van der Waals surface area contributed by atoms with Crippen molar-refractivity contribution in [3.05, 3.63) is 75.0 Å². The number of carbonyl (C=O) groups is 2. The molecule has 2 saturated heterocycles. The second-order valence-electron chi connectivity index (χ2n) is 16.2. The monoisotopic (exact) mass is 781 g/mol. The van der Waals surface area contributed by atoms with Crippen molar-refractivity contribution in [2.45, 2.75) is 87.6 Å². The largest absolute Gasteiger partial charge is 0.504 e. The highest BCUT2D eigenvalue weighted by Gasteiger charge is 2.61. The maximum absolute atomic E-state index is 15.0. The Bertz CT molecular complexity index is 2350. The van der Waals surface area contributed by atoms with E-state index in [-0.39, 0.29) is 61.1 Å². The Morgan fingerprint density at radius 3 is 2.66 bits per heavy atom. The number of hydrogen-bond donors (Lipinski definition) is 4. The van der Waals surface area contributed by atoms with Crippen LogP contribution in [0.2, 0.25) is 0 Å². The Morgan fingerprint density at radius 1 is 1.11 bits per heavy atom. The third-order valence-electron chi connectivity index (χ3n) is 13.4. The first-order valence-electron chi connectivity index (χ1n) is 19.4. The van der Waals surface area contributed by atoms with Gasteiger partial charge in [0.1, 0.15) is 12.4 Å². The smallest absolute Gasteiger partial charge is 0.333 e. The van der Waals surface area contributed by atoms with E-state index in [1.807, 2.05) is 32.0 Å². The van der Waals surface area contributed by atoms with Gasteiger partial charge in [0.15, 0.2) is 28.5 Å². The predicted octanol–water partition coefficient (Wildman–Crippen LogP) is 4.58. The summed E-state index contributed by atoms with van der Waals surface area (Å²) >= 11 is 1.63. The van der Waals surface area contributed by atoms with Crippen LogP contribution in [0, 0.1) is 13.8 Å². The number of aromatic nitrogens is 1. The lowest BCUT2D eigenvalue weighted by Gasteiger charge is -2.63. The summed E-state index contributed by atoms with van der Waals surface area (Å²) in [5.41, 5.74) is 13.0. The third kappa shape index (κ3) is 4.76. The molecule has 11 rings (SSSR count). The van der Waals surface area contributed by atoms with Crippen LogP contribution in [0.3, 0.4) is 0 Å². The molecule has 2 unspecified atom stereocenters. The summed E-state index contributed by atoms with van der Waals surface area (Å²) in [6.07, 6.45) is 1.37. The molecule has 7 aliphatic heterocycles. The lowest BCUT2D eigenvalue weighted by atomic mass is 9.71. The molecule has 0 amide bonds. The number of para-hydroxylation sites is 1. The third-order valence-corrected chi connectivity index (χ3v) is 14.9. The van der Waals surface area contributed by atoms with Crippen LogP contribution in [-0.4, -0.2) is 95.9 Å². The fourth-order valence-electron chi connectivity index (χ4n) is 11.1. The van der Waals surface area contributed by atoms with Crippen molar-refractivity contribution < 1.29 is 38.4 Å². The van der Waals surface area contributed by atoms with Crippen molar-refractivity contribution >= 4 is 34.6 Å². The van der Waals surface area contributed by atoms with Crippen molar-refractivity contribution in [2.24, 2.45) is 5.73 Å². The van der Waals surface area contributed by atoms with Gasteiger partial charge in [0, 0.05) is 76.5 Å². The molecule has 1 spiro atoms. The van der Waals surface area contributed by atoms with Gasteiger partial charge < -0.3 is 39.5 Å². The predicted molar refractivity (Wildman–Crippen MR) is 210 cm³/mol. The number of nitrogens with zero attached hydrogens (tertiary/aromatic N) is 2. The van der Waals surface area contributed by atoms with Crippen molar-refractivity contribution in [3.63, 3.8) is 0 Å².